The van der Waals surface area contributed by atoms with Crippen molar-refractivity contribution in [2.45, 2.75) is 6.04 Å². The van der Waals surface area contributed by atoms with Crippen molar-refractivity contribution in [3.05, 3.63) is 24.3 Å². The number of carbonyl (C=O) groups is 1. The van der Waals surface area contributed by atoms with E-state index in [0.29, 0.717) is 0 Å². The van der Waals surface area contributed by atoms with Gasteiger partial charge in [0.05, 0.1) is 19.3 Å². The highest BCUT2D eigenvalue weighted by atomic mass is 32.2. The van der Waals surface area contributed by atoms with Gasteiger partial charge in [0.1, 0.15) is 0 Å². The molecular formula is C14H19N3O2S. The summed E-state index contributed by atoms with van der Waals surface area (Å²) in [6.07, 6.45) is 0. The molecule has 6 heteroatoms. The molecule has 108 valence electrons. The normalized spacial score (nSPS) is 22.8. The highest BCUT2D eigenvalue weighted by Crippen LogP contribution is 2.19. The van der Waals surface area contributed by atoms with E-state index in [1.54, 1.807) is 11.8 Å². The smallest absolute Gasteiger partial charge is 0.242 e. The van der Waals surface area contributed by atoms with E-state index in [2.05, 4.69) is 27.7 Å². The van der Waals surface area contributed by atoms with Crippen LogP contribution in [0.15, 0.2) is 24.3 Å². The Balaban J connectivity index is 1.59. The monoisotopic (exact) mass is 293 g/mol. The van der Waals surface area contributed by atoms with Gasteiger partial charge >= 0.3 is 0 Å². The third kappa shape index (κ3) is 3.26. The number of rotatable bonds is 3. The molecule has 0 aromatic heterocycles. The lowest BCUT2D eigenvalue weighted by Gasteiger charge is -2.28. The van der Waals surface area contributed by atoms with Crippen LogP contribution < -0.4 is 15.5 Å². The molecule has 3 rings (SSSR count). The van der Waals surface area contributed by atoms with E-state index < -0.39 is 0 Å². The zero-order valence-electron chi connectivity index (χ0n) is 11.3. The summed E-state index contributed by atoms with van der Waals surface area (Å²) < 4.78 is 5.35. The molecule has 1 amide bonds. The average Bonchev–Trinajstić information content (AvgIpc) is 3.03. The molecule has 1 aromatic carbocycles. The van der Waals surface area contributed by atoms with Gasteiger partial charge in [0.2, 0.25) is 5.91 Å². The van der Waals surface area contributed by atoms with Gasteiger partial charge in [0.25, 0.3) is 0 Å². The Hall–Kier alpha value is -1.24. The Bertz CT molecular complexity index is 454. The first kappa shape index (κ1) is 13.7. The zero-order chi connectivity index (χ0) is 13.8. The highest BCUT2D eigenvalue weighted by molar-refractivity contribution is 7.99. The fraction of sp³-hybridized carbons (Fsp3) is 0.500. The molecule has 0 aliphatic carbocycles. The molecule has 2 aliphatic heterocycles. The van der Waals surface area contributed by atoms with E-state index in [-0.39, 0.29) is 11.9 Å². The SMILES string of the molecule is O=C(Nc1ccc(N2CCOCC2)cc1)C1CSCN1. The van der Waals surface area contributed by atoms with Gasteiger partial charge in [0.15, 0.2) is 0 Å². The maximum absolute atomic E-state index is 12.0. The maximum Gasteiger partial charge on any atom is 0.242 e. The van der Waals surface area contributed by atoms with Crippen LogP contribution in [-0.2, 0) is 9.53 Å². The van der Waals surface area contributed by atoms with Gasteiger partial charge in [-0.3, -0.25) is 10.1 Å². The number of amides is 1. The second-order valence-corrected chi connectivity index (χ2v) is 5.94. The predicted octanol–water partition coefficient (Wildman–Crippen LogP) is 1.12. The van der Waals surface area contributed by atoms with E-state index in [9.17, 15) is 4.79 Å². The summed E-state index contributed by atoms with van der Waals surface area (Å²) in [6.45, 7) is 3.41. The lowest BCUT2D eigenvalue weighted by molar-refractivity contribution is -0.117. The standard InChI is InChI=1S/C14H19N3O2S/c18-14(13-9-20-10-15-13)16-11-1-3-12(4-2-11)17-5-7-19-8-6-17/h1-4,13,15H,5-10H2,(H,16,18). The first-order valence-electron chi connectivity index (χ1n) is 6.88. The Morgan fingerprint density at radius 3 is 2.70 bits per heavy atom. The number of thioether (sulfide) groups is 1. The molecule has 1 unspecified atom stereocenters. The summed E-state index contributed by atoms with van der Waals surface area (Å²) in [6, 6.07) is 7.96. The molecule has 1 aromatic rings. The summed E-state index contributed by atoms with van der Waals surface area (Å²) in [5.74, 6) is 1.75. The molecule has 2 fully saturated rings. The number of nitrogens with zero attached hydrogens (tertiary/aromatic N) is 1. The number of morpholine rings is 1. The molecule has 2 heterocycles. The highest BCUT2D eigenvalue weighted by Gasteiger charge is 2.22. The van der Waals surface area contributed by atoms with Crippen molar-refractivity contribution in [2.75, 3.05) is 48.1 Å². The summed E-state index contributed by atoms with van der Waals surface area (Å²) in [5.41, 5.74) is 2.03. The maximum atomic E-state index is 12.0. The zero-order valence-corrected chi connectivity index (χ0v) is 12.1. The number of hydrogen-bond donors (Lipinski definition) is 2. The second kappa shape index (κ2) is 6.47. The van der Waals surface area contributed by atoms with E-state index in [0.717, 1.165) is 43.6 Å². The third-order valence-corrected chi connectivity index (χ3v) is 4.48. The predicted molar refractivity (Wildman–Crippen MR) is 82.4 cm³/mol. The van der Waals surface area contributed by atoms with Gasteiger partial charge in [-0.25, -0.2) is 0 Å². The Kier molecular flexibility index (Phi) is 4.44. The molecule has 0 saturated carbocycles. The summed E-state index contributed by atoms with van der Waals surface area (Å²) >= 11 is 1.75. The molecule has 5 nitrogen and oxygen atoms in total. The van der Waals surface area contributed by atoms with E-state index in [1.807, 2.05) is 12.1 Å². The van der Waals surface area contributed by atoms with Crippen molar-refractivity contribution in [3.63, 3.8) is 0 Å². The van der Waals surface area contributed by atoms with Crippen molar-refractivity contribution in [1.82, 2.24) is 5.32 Å². The van der Waals surface area contributed by atoms with E-state index in [1.165, 1.54) is 5.69 Å². The summed E-state index contributed by atoms with van der Waals surface area (Å²) in [4.78, 5) is 14.3. The van der Waals surface area contributed by atoms with Crippen LogP contribution >= 0.6 is 11.8 Å². The van der Waals surface area contributed by atoms with Crippen LogP contribution in [-0.4, -0.2) is 49.9 Å². The lowest BCUT2D eigenvalue weighted by atomic mass is 10.2. The van der Waals surface area contributed by atoms with Crippen LogP contribution in [0.5, 0.6) is 0 Å². The molecule has 1 atom stereocenters. The minimum Gasteiger partial charge on any atom is -0.378 e. The van der Waals surface area contributed by atoms with Crippen molar-refractivity contribution in [2.24, 2.45) is 0 Å². The quantitative estimate of drug-likeness (QED) is 0.875. The number of hydrogen-bond acceptors (Lipinski definition) is 5. The van der Waals surface area contributed by atoms with Crippen molar-refractivity contribution in [1.29, 1.82) is 0 Å². The van der Waals surface area contributed by atoms with Crippen molar-refractivity contribution in [3.8, 4) is 0 Å². The first-order valence-corrected chi connectivity index (χ1v) is 8.03. The number of anilines is 2. The van der Waals surface area contributed by atoms with Crippen LogP contribution in [0, 0.1) is 0 Å². The largest absolute Gasteiger partial charge is 0.378 e. The second-order valence-electron chi connectivity index (χ2n) is 4.91. The van der Waals surface area contributed by atoms with Crippen LogP contribution in [0.2, 0.25) is 0 Å². The molecule has 2 aliphatic rings. The van der Waals surface area contributed by atoms with Crippen LogP contribution in [0.4, 0.5) is 11.4 Å². The number of carbonyl (C=O) groups excluding carboxylic acids is 1. The first-order chi connectivity index (χ1) is 9.83. The van der Waals surface area contributed by atoms with Gasteiger partial charge in [-0.05, 0) is 24.3 Å². The summed E-state index contributed by atoms with van der Waals surface area (Å²) in [7, 11) is 0. The molecule has 0 bridgehead atoms. The Morgan fingerprint density at radius 2 is 2.05 bits per heavy atom. The molecule has 20 heavy (non-hydrogen) atoms. The van der Waals surface area contributed by atoms with Gasteiger partial charge in [-0.15, -0.1) is 11.8 Å². The van der Waals surface area contributed by atoms with Crippen LogP contribution in [0.25, 0.3) is 0 Å². The fourth-order valence-electron chi connectivity index (χ4n) is 2.37. The average molecular weight is 293 g/mol. The molecule has 2 N–H and O–H groups in total. The number of ether oxygens (including phenoxy) is 1. The molecule has 0 radical (unpaired) electrons. The minimum atomic E-state index is -0.0704. The number of benzene rings is 1. The minimum absolute atomic E-state index is 0.0501. The van der Waals surface area contributed by atoms with Crippen molar-refractivity contribution >= 4 is 29.0 Å². The van der Waals surface area contributed by atoms with E-state index >= 15 is 0 Å². The Labute approximate surface area is 123 Å². The van der Waals surface area contributed by atoms with E-state index in [4.69, 9.17) is 4.74 Å². The van der Waals surface area contributed by atoms with Gasteiger partial charge < -0.3 is 15.0 Å². The fourth-order valence-corrected chi connectivity index (χ4v) is 3.31. The van der Waals surface area contributed by atoms with Crippen LogP contribution in [0.3, 0.4) is 0 Å². The molecule has 2 saturated heterocycles. The topological polar surface area (TPSA) is 53.6 Å². The van der Waals surface area contributed by atoms with Gasteiger partial charge in [0, 0.05) is 36.1 Å². The summed E-state index contributed by atoms with van der Waals surface area (Å²) in [5, 5.41) is 6.12. The number of nitrogens with one attached hydrogen (secondary N) is 2. The Morgan fingerprint density at radius 1 is 1.30 bits per heavy atom. The van der Waals surface area contributed by atoms with Crippen molar-refractivity contribution < 1.29 is 9.53 Å². The molecular weight excluding hydrogens is 274 g/mol. The van der Waals surface area contributed by atoms with Crippen LogP contribution in [0.1, 0.15) is 0 Å². The molecule has 0 spiro atoms. The third-order valence-electron chi connectivity index (χ3n) is 3.54. The van der Waals surface area contributed by atoms with Gasteiger partial charge in [-0.2, -0.15) is 0 Å². The lowest BCUT2D eigenvalue weighted by Crippen LogP contribution is -2.37. The van der Waals surface area contributed by atoms with Gasteiger partial charge in [-0.1, -0.05) is 0 Å².